The Kier molecular flexibility index (Phi) is 5.09. The van der Waals surface area contributed by atoms with Gasteiger partial charge >= 0.3 is 0 Å². The summed E-state index contributed by atoms with van der Waals surface area (Å²) < 4.78 is 5.43. The summed E-state index contributed by atoms with van der Waals surface area (Å²) in [5.74, 6) is 1.91. The molecule has 1 aliphatic carbocycles. The molecule has 7 heteroatoms. The van der Waals surface area contributed by atoms with Crippen LogP contribution in [0.15, 0.2) is 47.2 Å². The summed E-state index contributed by atoms with van der Waals surface area (Å²) in [7, 11) is 1.83. The number of hydrogen-bond donors (Lipinski definition) is 2. The van der Waals surface area contributed by atoms with Crippen molar-refractivity contribution in [2.45, 2.75) is 33.1 Å². The Morgan fingerprint density at radius 2 is 2.03 bits per heavy atom. The Bertz CT molecular complexity index is 1330. The molecule has 0 aliphatic heterocycles. The van der Waals surface area contributed by atoms with Gasteiger partial charge in [0.2, 0.25) is 0 Å². The highest BCUT2D eigenvalue weighted by molar-refractivity contribution is 6.04. The molecule has 0 spiro atoms. The van der Waals surface area contributed by atoms with E-state index >= 15 is 0 Å². The summed E-state index contributed by atoms with van der Waals surface area (Å²) in [4.78, 5) is 22.0. The van der Waals surface area contributed by atoms with E-state index in [4.69, 9.17) is 4.52 Å². The SMILES string of the molecule is CNc1cc2ncc(-c3cc(NC(=O)c4noc5c4C[C@@H](C)CC5)ccc3C)cc2cn1. The highest BCUT2D eigenvalue weighted by atomic mass is 16.5. The topological polar surface area (TPSA) is 92.9 Å². The molecule has 0 bridgehead atoms. The van der Waals surface area contributed by atoms with Crippen LogP contribution in [0.25, 0.3) is 22.0 Å². The normalized spacial score (nSPS) is 15.4. The van der Waals surface area contributed by atoms with E-state index in [1.807, 2.05) is 50.6 Å². The third-order valence-electron chi connectivity index (χ3n) is 6.13. The predicted molar refractivity (Wildman–Crippen MR) is 125 cm³/mol. The monoisotopic (exact) mass is 427 g/mol. The van der Waals surface area contributed by atoms with Gasteiger partial charge in [0.15, 0.2) is 5.69 Å². The van der Waals surface area contributed by atoms with Gasteiger partial charge in [-0.05, 0) is 55.0 Å². The molecule has 162 valence electrons. The highest BCUT2D eigenvalue weighted by Crippen LogP contribution is 2.31. The number of amides is 1. The van der Waals surface area contributed by atoms with Gasteiger partial charge in [0, 0.05) is 54.1 Å². The van der Waals surface area contributed by atoms with Gasteiger partial charge in [-0.1, -0.05) is 18.1 Å². The van der Waals surface area contributed by atoms with Gasteiger partial charge in [-0.25, -0.2) is 4.98 Å². The Morgan fingerprint density at radius 3 is 2.88 bits per heavy atom. The fraction of sp³-hybridized carbons (Fsp3) is 0.280. The van der Waals surface area contributed by atoms with Crippen molar-refractivity contribution in [1.82, 2.24) is 15.1 Å². The first-order valence-corrected chi connectivity index (χ1v) is 10.8. The van der Waals surface area contributed by atoms with E-state index in [2.05, 4.69) is 38.7 Å². The van der Waals surface area contributed by atoms with E-state index in [0.717, 1.165) is 64.0 Å². The number of carbonyl (C=O) groups is 1. The van der Waals surface area contributed by atoms with Gasteiger partial charge in [0.1, 0.15) is 11.6 Å². The Labute approximate surface area is 186 Å². The van der Waals surface area contributed by atoms with Gasteiger partial charge in [-0.2, -0.15) is 0 Å². The standard InChI is InChI=1S/C25H25N5O2/c1-14-4-7-22-20(8-14)24(30-32-22)25(31)29-18-6-5-15(2)19(10-18)16-9-17-13-28-23(26-3)11-21(17)27-12-16/h5-6,9-14H,4,7-8H2,1-3H3,(H,26,28)(H,29,31)/t14-/m0/s1. The number of benzene rings is 1. The quantitative estimate of drug-likeness (QED) is 0.475. The number of fused-ring (bicyclic) bond motifs is 2. The van der Waals surface area contributed by atoms with E-state index in [-0.39, 0.29) is 5.91 Å². The zero-order valence-corrected chi connectivity index (χ0v) is 18.4. The zero-order valence-electron chi connectivity index (χ0n) is 18.4. The van der Waals surface area contributed by atoms with Crippen molar-refractivity contribution in [3.8, 4) is 11.1 Å². The number of carbonyl (C=O) groups excluding carboxylic acids is 1. The minimum atomic E-state index is -0.237. The lowest BCUT2D eigenvalue weighted by atomic mass is 9.88. The predicted octanol–water partition coefficient (Wildman–Crippen LogP) is 5.01. The zero-order chi connectivity index (χ0) is 22.2. The molecular formula is C25H25N5O2. The van der Waals surface area contributed by atoms with Crippen LogP contribution in [-0.2, 0) is 12.8 Å². The number of hydrogen-bond acceptors (Lipinski definition) is 6. The van der Waals surface area contributed by atoms with Crippen molar-refractivity contribution in [3.05, 3.63) is 65.3 Å². The Hall–Kier alpha value is -3.74. The number of nitrogens with zero attached hydrogens (tertiary/aromatic N) is 3. The lowest BCUT2D eigenvalue weighted by molar-refractivity contribution is 0.101. The van der Waals surface area contributed by atoms with Crippen LogP contribution in [0.3, 0.4) is 0 Å². The fourth-order valence-corrected chi connectivity index (χ4v) is 4.26. The van der Waals surface area contributed by atoms with Crippen molar-refractivity contribution >= 4 is 28.3 Å². The summed E-state index contributed by atoms with van der Waals surface area (Å²) in [6, 6.07) is 9.86. The summed E-state index contributed by atoms with van der Waals surface area (Å²) in [5, 5.41) is 11.0. The van der Waals surface area contributed by atoms with E-state index in [1.165, 1.54) is 0 Å². The molecule has 0 radical (unpaired) electrons. The molecule has 32 heavy (non-hydrogen) atoms. The van der Waals surface area contributed by atoms with Crippen LogP contribution in [-0.4, -0.2) is 28.1 Å². The summed E-state index contributed by atoms with van der Waals surface area (Å²) in [6.07, 6.45) is 6.40. The first-order valence-electron chi connectivity index (χ1n) is 10.8. The van der Waals surface area contributed by atoms with Crippen molar-refractivity contribution in [2.75, 3.05) is 17.7 Å². The molecule has 0 saturated carbocycles. The van der Waals surface area contributed by atoms with Crippen molar-refractivity contribution in [1.29, 1.82) is 0 Å². The van der Waals surface area contributed by atoms with Crippen molar-refractivity contribution in [3.63, 3.8) is 0 Å². The molecule has 1 aliphatic rings. The fourth-order valence-electron chi connectivity index (χ4n) is 4.26. The van der Waals surface area contributed by atoms with E-state index in [0.29, 0.717) is 17.3 Å². The van der Waals surface area contributed by atoms with Gasteiger partial charge in [-0.3, -0.25) is 9.78 Å². The van der Waals surface area contributed by atoms with Crippen LogP contribution < -0.4 is 10.6 Å². The van der Waals surface area contributed by atoms with Gasteiger partial charge < -0.3 is 15.2 Å². The molecule has 5 rings (SSSR count). The molecule has 2 N–H and O–H groups in total. The molecule has 1 atom stereocenters. The van der Waals surface area contributed by atoms with E-state index < -0.39 is 0 Å². The van der Waals surface area contributed by atoms with Gasteiger partial charge in [-0.15, -0.1) is 0 Å². The van der Waals surface area contributed by atoms with Crippen molar-refractivity contribution < 1.29 is 9.32 Å². The third-order valence-corrected chi connectivity index (χ3v) is 6.13. The van der Waals surface area contributed by atoms with Crippen LogP contribution in [0.5, 0.6) is 0 Å². The number of rotatable bonds is 4. The lowest BCUT2D eigenvalue weighted by Gasteiger charge is -2.16. The number of aryl methyl sites for hydroxylation is 2. The molecule has 0 fully saturated rings. The number of nitrogens with one attached hydrogen (secondary N) is 2. The van der Waals surface area contributed by atoms with E-state index in [1.54, 1.807) is 0 Å². The van der Waals surface area contributed by atoms with Crippen LogP contribution in [0, 0.1) is 12.8 Å². The molecule has 0 saturated heterocycles. The molecular weight excluding hydrogens is 402 g/mol. The average Bonchev–Trinajstić information content (AvgIpc) is 3.22. The first-order chi connectivity index (χ1) is 15.5. The number of aromatic nitrogens is 3. The maximum atomic E-state index is 13.0. The van der Waals surface area contributed by atoms with Crippen LogP contribution in [0.1, 0.15) is 40.7 Å². The maximum Gasteiger partial charge on any atom is 0.278 e. The minimum absolute atomic E-state index is 0.237. The molecule has 3 heterocycles. The van der Waals surface area contributed by atoms with Gasteiger partial charge in [0.05, 0.1) is 5.52 Å². The second-order valence-electron chi connectivity index (χ2n) is 8.50. The molecule has 4 aromatic rings. The smallest absolute Gasteiger partial charge is 0.278 e. The molecule has 0 unspecified atom stereocenters. The largest absolute Gasteiger partial charge is 0.373 e. The number of pyridine rings is 2. The summed E-state index contributed by atoms with van der Waals surface area (Å²) in [6.45, 7) is 4.24. The maximum absolute atomic E-state index is 13.0. The lowest BCUT2D eigenvalue weighted by Crippen LogP contribution is -2.18. The second kappa shape index (κ2) is 8.07. The second-order valence-corrected chi connectivity index (χ2v) is 8.50. The summed E-state index contributed by atoms with van der Waals surface area (Å²) >= 11 is 0. The van der Waals surface area contributed by atoms with Crippen LogP contribution in [0.4, 0.5) is 11.5 Å². The average molecular weight is 428 g/mol. The summed E-state index contributed by atoms with van der Waals surface area (Å²) in [5.41, 5.74) is 5.99. The Morgan fingerprint density at radius 1 is 1.16 bits per heavy atom. The molecule has 7 nitrogen and oxygen atoms in total. The minimum Gasteiger partial charge on any atom is -0.373 e. The molecule has 1 amide bonds. The number of anilines is 2. The van der Waals surface area contributed by atoms with E-state index in [9.17, 15) is 4.79 Å². The Balaban J connectivity index is 1.44. The third kappa shape index (κ3) is 3.70. The van der Waals surface area contributed by atoms with Crippen LogP contribution >= 0.6 is 0 Å². The van der Waals surface area contributed by atoms with Crippen LogP contribution in [0.2, 0.25) is 0 Å². The van der Waals surface area contributed by atoms with Crippen molar-refractivity contribution in [2.24, 2.45) is 5.92 Å². The molecule has 1 aromatic carbocycles. The highest BCUT2D eigenvalue weighted by Gasteiger charge is 2.27. The van der Waals surface area contributed by atoms with Gasteiger partial charge in [0.25, 0.3) is 5.91 Å². The first kappa shape index (κ1) is 20.2. The molecule has 3 aromatic heterocycles.